The third-order valence-corrected chi connectivity index (χ3v) is 13.2. The average molecular weight is 1030 g/mol. The van der Waals surface area contributed by atoms with Gasteiger partial charge in [0.05, 0.1) is 30.5 Å². The number of aryl methyl sites for hydroxylation is 1. The van der Waals surface area contributed by atoms with E-state index < -0.39 is 26.7 Å². The smallest absolute Gasteiger partial charge is 0.120 e. The summed E-state index contributed by atoms with van der Waals surface area (Å²) in [6, 6.07) is 49.2. The van der Waals surface area contributed by atoms with Gasteiger partial charge in [-0.3, -0.25) is 4.98 Å². The summed E-state index contributed by atoms with van der Waals surface area (Å²) in [7, 11) is -1.81. The van der Waals surface area contributed by atoms with Crippen molar-refractivity contribution in [3.8, 4) is 39.5 Å². The Morgan fingerprint density at radius 3 is 2.11 bits per heavy atom. The number of aromatic nitrogens is 3. The van der Waals surface area contributed by atoms with Crippen molar-refractivity contribution in [2.75, 3.05) is 0 Å². The molecule has 0 saturated heterocycles. The van der Waals surface area contributed by atoms with Crippen molar-refractivity contribution in [2.45, 2.75) is 93.2 Å². The Balaban J connectivity index is 0.000000215. The van der Waals surface area contributed by atoms with Crippen molar-refractivity contribution in [1.82, 2.24) is 14.5 Å². The number of fused-ring (bicyclic) bond motifs is 4. The molecule has 0 bridgehead atoms. The van der Waals surface area contributed by atoms with Gasteiger partial charge in [-0.1, -0.05) is 158 Å². The number of para-hydroxylation sites is 3. The number of nitrogens with zero attached hydrogens (tertiary/aromatic N) is 3. The molecule has 0 aliphatic carbocycles. The summed E-state index contributed by atoms with van der Waals surface area (Å²) in [5, 5.41) is 3.19. The molecule has 3 heterocycles. The van der Waals surface area contributed by atoms with Gasteiger partial charge in [0.15, 0.2) is 0 Å². The van der Waals surface area contributed by atoms with E-state index in [1.807, 2.05) is 45.0 Å². The number of rotatable bonds is 8. The largest absolute Gasteiger partial charge is 0.501 e. The van der Waals surface area contributed by atoms with Crippen molar-refractivity contribution < 1.29 is 31.4 Å². The minimum absolute atomic E-state index is 0. The number of imidazole rings is 1. The number of benzene rings is 6. The zero-order valence-corrected chi connectivity index (χ0v) is 41.3. The molecule has 1 radical (unpaired) electrons. The van der Waals surface area contributed by atoms with Crippen LogP contribution in [0, 0.1) is 24.4 Å². The topological polar surface area (TPSA) is 43.9 Å². The van der Waals surface area contributed by atoms with E-state index in [4.69, 9.17) is 16.3 Å². The first-order chi connectivity index (χ1) is 31.6. The Morgan fingerprint density at radius 2 is 1.46 bits per heavy atom. The fraction of sp³-hybridized carbons (Fsp3) is 0.263. The van der Waals surface area contributed by atoms with Crippen LogP contribution < -0.4 is 5.19 Å². The first kappa shape index (κ1) is 39.2. The molecule has 4 nitrogen and oxygen atoms in total. The van der Waals surface area contributed by atoms with Crippen LogP contribution in [0.4, 0.5) is 0 Å². The van der Waals surface area contributed by atoms with Crippen molar-refractivity contribution in [2.24, 2.45) is 5.41 Å². The standard InChI is InChI=1S/C37H31N2O.C20H28NSi.Ir/c1-23(2)30-21-26(25-13-6-5-7-14-25)22-31(24(3)4)35(30)39-33-19-10-9-18-32(33)38-37(39)29-17-12-16-28-27-15-8-11-20-34(27)40-36(28)29;1-15-8-10-16(11-9-15)18-12-17(13-20(2,3)4)19(14-21-18)22(5,6)7;/h5-16,18-24H,1-4H3;8-10,12,14H,13H2,1-7H3;/q2*-1;/i;1D3,13D2;. The first-order valence-corrected chi connectivity index (χ1v) is 25.1. The fourth-order valence-corrected chi connectivity index (χ4v) is 9.58. The van der Waals surface area contributed by atoms with E-state index in [2.05, 4.69) is 154 Å². The fourth-order valence-electron chi connectivity index (χ4n) is 8.18. The van der Waals surface area contributed by atoms with Crippen LogP contribution in [0.3, 0.4) is 0 Å². The molecular weight excluding hydrogens is 963 g/mol. The summed E-state index contributed by atoms with van der Waals surface area (Å²) in [5.41, 5.74) is 12.5. The zero-order valence-electron chi connectivity index (χ0n) is 42.9. The van der Waals surface area contributed by atoms with Crippen LogP contribution in [0.1, 0.15) is 89.4 Å². The monoisotopic (exact) mass is 1030 g/mol. The van der Waals surface area contributed by atoms with Crippen molar-refractivity contribution in [3.05, 3.63) is 168 Å². The molecule has 9 aromatic rings. The van der Waals surface area contributed by atoms with E-state index in [1.54, 1.807) is 18.3 Å². The zero-order chi connectivity index (χ0) is 48.2. The molecule has 6 heteroatoms. The second-order valence-corrected chi connectivity index (χ2v) is 23.9. The van der Waals surface area contributed by atoms with Gasteiger partial charge in [-0.05, 0) is 87.1 Å². The third kappa shape index (κ3) is 9.60. The molecule has 0 aliphatic heterocycles. The van der Waals surface area contributed by atoms with Gasteiger partial charge in [0.25, 0.3) is 0 Å². The molecule has 9 rings (SSSR count). The van der Waals surface area contributed by atoms with Crippen LogP contribution in [-0.2, 0) is 26.5 Å². The van der Waals surface area contributed by atoms with E-state index in [9.17, 15) is 0 Å². The molecule has 0 unspecified atom stereocenters. The van der Waals surface area contributed by atoms with Gasteiger partial charge in [0, 0.05) is 44.2 Å². The number of hydrogen-bond donors (Lipinski definition) is 0. The molecule has 0 fully saturated rings. The minimum atomic E-state index is -2.17. The van der Waals surface area contributed by atoms with Crippen LogP contribution in [-0.4, -0.2) is 22.6 Å². The van der Waals surface area contributed by atoms with Gasteiger partial charge in [0.1, 0.15) is 5.58 Å². The first-order valence-electron chi connectivity index (χ1n) is 24.1. The molecule has 0 atom stereocenters. The van der Waals surface area contributed by atoms with Gasteiger partial charge < -0.3 is 14.0 Å². The molecule has 6 aromatic carbocycles. The second-order valence-electron chi connectivity index (χ2n) is 18.9. The Labute approximate surface area is 396 Å². The Morgan fingerprint density at radius 1 is 0.778 bits per heavy atom. The number of furan rings is 1. The molecule has 0 aliphatic rings. The average Bonchev–Trinajstić information content (AvgIpc) is 3.87. The SMILES string of the molecule is CC(C)c1cc(-c2ccccc2)cc(C(C)C)c1-n1c(-c2[c-]ccc3c2oc2ccccc23)nc2ccccc21.[2H]C([2H])([2H])c1c[c-]c(-c2cc(C([2H])([2H])C(C)(C)C)c([Si](C)(C)C)cn2)cc1.[Ir]. The maximum atomic E-state index is 8.79. The molecule has 0 N–H and O–H groups in total. The molecule has 0 spiro atoms. The van der Waals surface area contributed by atoms with Crippen molar-refractivity contribution in [1.29, 1.82) is 0 Å². The van der Waals surface area contributed by atoms with E-state index in [-0.39, 0.29) is 25.7 Å². The van der Waals surface area contributed by atoms with Gasteiger partial charge in [-0.2, -0.15) is 0 Å². The summed E-state index contributed by atoms with van der Waals surface area (Å²) < 4.78 is 48.9. The van der Waals surface area contributed by atoms with Gasteiger partial charge in [0.2, 0.25) is 0 Å². The summed E-state index contributed by atoms with van der Waals surface area (Å²) in [6.07, 6.45) is 0.269. The Bertz CT molecular complexity index is 3200. The quantitative estimate of drug-likeness (QED) is 0.113. The normalized spacial score (nSPS) is 13.6. The summed E-state index contributed by atoms with van der Waals surface area (Å²) in [5.74, 6) is 1.45. The van der Waals surface area contributed by atoms with Gasteiger partial charge in [-0.25, -0.2) is 0 Å². The predicted molar refractivity (Wildman–Crippen MR) is 266 cm³/mol. The predicted octanol–water partition coefficient (Wildman–Crippen LogP) is 15.3. The molecular formula is C57H59IrN3OSi-2. The van der Waals surface area contributed by atoms with Crippen LogP contribution >= 0.6 is 0 Å². The van der Waals surface area contributed by atoms with E-state index in [1.165, 1.54) is 34.0 Å². The van der Waals surface area contributed by atoms with Crippen LogP contribution in [0.5, 0.6) is 0 Å². The number of pyridine rings is 1. The van der Waals surface area contributed by atoms with E-state index in [0.717, 1.165) is 49.5 Å². The third-order valence-electron chi connectivity index (χ3n) is 11.2. The minimum Gasteiger partial charge on any atom is -0.501 e. The van der Waals surface area contributed by atoms with Gasteiger partial charge >= 0.3 is 0 Å². The molecule has 0 amide bonds. The molecule has 0 saturated carbocycles. The summed E-state index contributed by atoms with van der Waals surface area (Å²) in [6.45, 7) is 19.2. The van der Waals surface area contributed by atoms with E-state index in [0.29, 0.717) is 28.7 Å². The van der Waals surface area contributed by atoms with E-state index >= 15 is 0 Å². The van der Waals surface area contributed by atoms with Crippen LogP contribution in [0.15, 0.2) is 138 Å². The maximum absolute atomic E-state index is 8.79. The van der Waals surface area contributed by atoms with Crippen molar-refractivity contribution in [3.63, 3.8) is 0 Å². The van der Waals surface area contributed by atoms with Crippen LogP contribution in [0.25, 0.3) is 72.4 Å². The van der Waals surface area contributed by atoms with Crippen molar-refractivity contribution >= 4 is 46.2 Å². The van der Waals surface area contributed by atoms with Gasteiger partial charge in [-0.15, -0.1) is 53.6 Å². The van der Waals surface area contributed by atoms with Crippen LogP contribution in [0.2, 0.25) is 19.6 Å². The number of hydrogen-bond acceptors (Lipinski definition) is 3. The maximum Gasteiger partial charge on any atom is 0.120 e. The Kier molecular flexibility index (Phi) is 11.4. The summed E-state index contributed by atoms with van der Waals surface area (Å²) in [4.78, 5) is 9.79. The second kappa shape index (κ2) is 18.4. The summed E-state index contributed by atoms with van der Waals surface area (Å²) >= 11 is 0. The Hall–Kier alpha value is -5.39. The molecule has 63 heavy (non-hydrogen) atoms. The molecule has 3 aromatic heterocycles. The molecule has 323 valence electrons.